The monoisotopic (exact) mass is 237 g/mol. The van der Waals surface area contributed by atoms with Crippen molar-refractivity contribution in [3.8, 4) is 0 Å². The first-order valence-corrected chi connectivity index (χ1v) is 5.80. The molecular weight excluding hydrogens is 222 g/mol. The third kappa shape index (κ3) is 1.69. The molecular formula is C9H15N7O. The van der Waals surface area contributed by atoms with Gasteiger partial charge in [-0.1, -0.05) is 0 Å². The molecule has 0 aromatic carbocycles. The number of guanidine groups is 1. The zero-order valence-electron chi connectivity index (χ0n) is 9.41. The molecule has 0 aliphatic carbocycles. The van der Waals surface area contributed by atoms with Gasteiger partial charge in [0.2, 0.25) is 5.96 Å². The van der Waals surface area contributed by atoms with Gasteiger partial charge < -0.3 is 11.1 Å². The van der Waals surface area contributed by atoms with Gasteiger partial charge >= 0.3 is 0 Å². The van der Waals surface area contributed by atoms with Crippen molar-refractivity contribution in [1.29, 1.82) is 0 Å². The Bertz CT molecular complexity index is 393. The van der Waals surface area contributed by atoms with Crippen molar-refractivity contribution in [2.24, 2.45) is 21.0 Å². The molecule has 3 aliphatic rings. The Morgan fingerprint density at radius 2 is 2.35 bits per heavy atom. The van der Waals surface area contributed by atoms with E-state index in [1.807, 2.05) is 5.01 Å². The normalized spacial score (nSPS) is 33.4. The number of hydrogen-bond acceptors (Lipinski definition) is 7. The van der Waals surface area contributed by atoms with Crippen LogP contribution < -0.4 is 11.1 Å². The van der Waals surface area contributed by atoms with Crippen molar-refractivity contribution in [3.63, 3.8) is 0 Å². The van der Waals surface area contributed by atoms with Crippen LogP contribution in [0.2, 0.25) is 0 Å². The summed E-state index contributed by atoms with van der Waals surface area (Å²) in [6, 6.07) is -0.597. The third-order valence-electron chi connectivity index (χ3n) is 3.18. The van der Waals surface area contributed by atoms with Gasteiger partial charge in [-0.25, -0.2) is 4.99 Å². The zero-order chi connectivity index (χ0) is 11.8. The van der Waals surface area contributed by atoms with E-state index in [1.54, 1.807) is 5.01 Å². The van der Waals surface area contributed by atoms with Crippen molar-refractivity contribution in [2.75, 3.05) is 26.2 Å². The molecule has 2 fully saturated rings. The lowest BCUT2D eigenvalue weighted by Crippen LogP contribution is -2.43. The van der Waals surface area contributed by atoms with E-state index in [2.05, 4.69) is 20.5 Å². The van der Waals surface area contributed by atoms with Gasteiger partial charge in [0.15, 0.2) is 6.04 Å². The quantitative estimate of drug-likeness (QED) is 0.543. The van der Waals surface area contributed by atoms with Crippen molar-refractivity contribution >= 4 is 11.9 Å². The summed E-state index contributed by atoms with van der Waals surface area (Å²) in [5, 5.41) is 14.5. The SMILES string of the molecule is NC1C(/N=N/C2=NCCN2)C(=O)N2CCCN12. The maximum absolute atomic E-state index is 12.0. The second-order valence-electron chi connectivity index (χ2n) is 4.26. The third-order valence-corrected chi connectivity index (χ3v) is 3.18. The molecule has 8 nitrogen and oxygen atoms in total. The Morgan fingerprint density at radius 1 is 1.47 bits per heavy atom. The maximum Gasteiger partial charge on any atom is 0.266 e. The summed E-state index contributed by atoms with van der Waals surface area (Å²) >= 11 is 0. The van der Waals surface area contributed by atoms with Gasteiger partial charge in [0.1, 0.15) is 6.17 Å². The lowest BCUT2D eigenvalue weighted by Gasteiger charge is -2.20. The number of hydrogen-bond donors (Lipinski definition) is 2. The molecule has 17 heavy (non-hydrogen) atoms. The molecule has 0 spiro atoms. The molecule has 3 N–H and O–H groups in total. The van der Waals surface area contributed by atoms with E-state index in [0.29, 0.717) is 12.5 Å². The second-order valence-corrected chi connectivity index (χ2v) is 4.26. The minimum Gasteiger partial charge on any atom is -0.351 e. The van der Waals surface area contributed by atoms with Gasteiger partial charge in [0, 0.05) is 19.6 Å². The number of amides is 1. The predicted molar refractivity (Wildman–Crippen MR) is 60.0 cm³/mol. The number of rotatable bonds is 1. The molecule has 3 rings (SSSR count). The van der Waals surface area contributed by atoms with Gasteiger partial charge in [-0.05, 0) is 6.42 Å². The van der Waals surface area contributed by atoms with E-state index in [1.165, 1.54) is 0 Å². The number of nitrogens with one attached hydrogen (secondary N) is 1. The number of carbonyl (C=O) groups excluding carboxylic acids is 1. The highest BCUT2D eigenvalue weighted by atomic mass is 16.2. The lowest BCUT2D eigenvalue weighted by molar-refractivity contribution is -0.135. The van der Waals surface area contributed by atoms with Gasteiger partial charge in [-0.2, -0.15) is 10.1 Å². The zero-order valence-corrected chi connectivity index (χ0v) is 9.41. The molecule has 0 radical (unpaired) electrons. The van der Waals surface area contributed by atoms with Crippen molar-refractivity contribution < 1.29 is 4.79 Å². The average molecular weight is 237 g/mol. The van der Waals surface area contributed by atoms with Crippen LogP contribution in [0, 0.1) is 0 Å². The van der Waals surface area contributed by atoms with Crippen molar-refractivity contribution in [3.05, 3.63) is 0 Å². The molecule has 0 aromatic rings. The van der Waals surface area contributed by atoms with E-state index in [4.69, 9.17) is 5.73 Å². The number of hydrazine groups is 1. The highest BCUT2D eigenvalue weighted by molar-refractivity contribution is 5.85. The summed E-state index contributed by atoms with van der Waals surface area (Å²) < 4.78 is 0. The van der Waals surface area contributed by atoms with Crippen LogP contribution in [0.25, 0.3) is 0 Å². The Morgan fingerprint density at radius 3 is 3.06 bits per heavy atom. The molecule has 0 saturated carbocycles. The topological polar surface area (TPSA) is 98.7 Å². The minimum atomic E-state index is -0.597. The van der Waals surface area contributed by atoms with Crippen LogP contribution in [-0.4, -0.2) is 60.3 Å². The number of nitrogens with zero attached hydrogens (tertiary/aromatic N) is 5. The standard InChI is InChI=1S/C9H15N7O/c10-7-6(13-14-9-11-2-3-12-9)8(17)16-5-1-4-15(7)16/h6-7H,1-5,10H2,(H,11,12)/b14-13+. The fourth-order valence-corrected chi connectivity index (χ4v) is 2.33. The molecule has 2 atom stereocenters. The van der Waals surface area contributed by atoms with E-state index < -0.39 is 12.2 Å². The number of carbonyl (C=O) groups is 1. The van der Waals surface area contributed by atoms with Gasteiger partial charge in [-0.15, -0.1) is 5.11 Å². The predicted octanol–water partition coefficient (Wildman–Crippen LogP) is -1.49. The molecule has 3 aliphatic heterocycles. The molecule has 0 aromatic heterocycles. The van der Waals surface area contributed by atoms with Crippen LogP contribution >= 0.6 is 0 Å². The Hall–Kier alpha value is -1.54. The first-order valence-electron chi connectivity index (χ1n) is 5.80. The van der Waals surface area contributed by atoms with Crippen LogP contribution in [-0.2, 0) is 4.79 Å². The molecule has 1 amide bonds. The van der Waals surface area contributed by atoms with Crippen molar-refractivity contribution in [2.45, 2.75) is 18.6 Å². The molecule has 2 unspecified atom stereocenters. The van der Waals surface area contributed by atoms with E-state index >= 15 is 0 Å². The van der Waals surface area contributed by atoms with Crippen LogP contribution in [0.5, 0.6) is 0 Å². The van der Waals surface area contributed by atoms with Crippen LogP contribution in [0.15, 0.2) is 15.2 Å². The second kappa shape index (κ2) is 4.04. The fourth-order valence-electron chi connectivity index (χ4n) is 2.33. The summed E-state index contributed by atoms with van der Waals surface area (Å²) in [5.41, 5.74) is 5.99. The van der Waals surface area contributed by atoms with Gasteiger partial charge in [-0.3, -0.25) is 9.80 Å². The summed E-state index contributed by atoms with van der Waals surface area (Å²) in [6.07, 6.45) is 0.577. The van der Waals surface area contributed by atoms with Crippen LogP contribution in [0.4, 0.5) is 0 Å². The number of azo groups is 1. The summed E-state index contributed by atoms with van der Waals surface area (Å²) in [7, 11) is 0. The van der Waals surface area contributed by atoms with E-state index in [-0.39, 0.29) is 5.91 Å². The minimum absolute atomic E-state index is 0.0580. The summed E-state index contributed by atoms with van der Waals surface area (Å²) in [5.74, 6) is 0.435. The average Bonchev–Trinajstić information content (AvgIpc) is 3.01. The molecule has 2 saturated heterocycles. The van der Waals surface area contributed by atoms with Crippen molar-refractivity contribution in [1.82, 2.24) is 15.3 Å². The molecule has 3 heterocycles. The molecule has 92 valence electrons. The first-order chi connectivity index (χ1) is 8.27. The Labute approximate surface area is 98.5 Å². The lowest BCUT2D eigenvalue weighted by atomic mass is 10.2. The maximum atomic E-state index is 12.0. The number of aliphatic imine (C=N–C) groups is 1. The Kier molecular flexibility index (Phi) is 2.52. The van der Waals surface area contributed by atoms with Crippen LogP contribution in [0.1, 0.15) is 6.42 Å². The van der Waals surface area contributed by atoms with E-state index in [9.17, 15) is 4.79 Å². The van der Waals surface area contributed by atoms with E-state index in [0.717, 1.165) is 26.1 Å². The van der Waals surface area contributed by atoms with Gasteiger partial charge in [0.25, 0.3) is 5.91 Å². The summed E-state index contributed by atoms with van der Waals surface area (Å²) in [4.78, 5) is 16.1. The number of nitrogens with two attached hydrogens (primary N) is 1. The molecule has 8 heteroatoms. The molecule has 0 bridgehead atoms. The largest absolute Gasteiger partial charge is 0.351 e. The van der Waals surface area contributed by atoms with Crippen LogP contribution in [0.3, 0.4) is 0 Å². The Balaban J connectivity index is 1.73. The number of fused-ring (bicyclic) bond motifs is 1. The first kappa shape index (κ1) is 10.6. The smallest absolute Gasteiger partial charge is 0.266 e. The van der Waals surface area contributed by atoms with Gasteiger partial charge in [0.05, 0.1) is 6.54 Å². The summed E-state index contributed by atoms with van der Waals surface area (Å²) in [6.45, 7) is 3.03. The highest BCUT2D eigenvalue weighted by Gasteiger charge is 2.47. The highest BCUT2D eigenvalue weighted by Crippen LogP contribution is 2.24. The fraction of sp³-hybridized carbons (Fsp3) is 0.778.